The van der Waals surface area contributed by atoms with Crippen molar-refractivity contribution in [2.45, 2.75) is 46.1 Å². The Kier molecular flexibility index (Phi) is 4.44. The highest BCUT2D eigenvalue weighted by molar-refractivity contribution is 5.79. The van der Waals surface area contributed by atoms with Crippen LogP contribution in [0.3, 0.4) is 0 Å². The van der Waals surface area contributed by atoms with Crippen LogP contribution in [-0.2, 0) is 11.3 Å². The van der Waals surface area contributed by atoms with Crippen LogP contribution in [0.15, 0.2) is 24.3 Å². The number of nitrogens with zero attached hydrogens (tertiary/aromatic N) is 1. The van der Waals surface area contributed by atoms with Crippen molar-refractivity contribution in [3.8, 4) is 6.07 Å². The highest BCUT2D eigenvalue weighted by Crippen LogP contribution is 2.40. The molecule has 0 aliphatic heterocycles. The highest BCUT2D eigenvalue weighted by atomic mass is 16.1. The predicted octanol–water partition coefficient (Wildman–Crippen LogP) is 3.39. The Morgan fingerprint density at radius 1 is 1.35 bits per heavy atom. The minimum absolute atomic E-state index is 0.104. The summed E-state index contributed by atoms with van der Waals surface area (Å²) in [6.07, 6.45) is 4.50. The van der Waals surface area contributed by atoms with Crippen molar-refractivity contribution in [3.63, 3.8) is 0 Å². The molecule has 1 unspecified atom stereocenters. The molecule has 0 radical (unpaired) electrons. The maximum absolute atomic E-state index is 12.3. The summed E-state index contributed by atoms with van der Waals surface area (Å²) in [6, 6.07) is 9.45. The molecule has 1 fully saturated rings. The van der Waals surface area contributed by atoms with Gasteiger partial charge in [0, 0.05) is 12.5 Å². The Labute approximate surface area is 121 Å². The van der Waals surface area contributed by atoms with Gasteiger partial charge in [-0.3, -0.25) is 4.79 Å². The summed E-state index contributed by atoms with van der Waals surface area (Å²) in [4.78, 5) is 12.3. The molecule has 1 aliphatic rings. The summed E-state index contributed by atoms with van der Waals surface area (Å²) in [6.45, 7) is 4.92. The van der Waals surface area contributed by atoms with Gasteiger partial charge in [0.1, 0.15) is 0 Å². The highest BCUT2D eigenvalue weighted by Gasteiger charge is 2.36. The molecule has 1 aliphatic carbocycles. The van der Waals surface area contributed by atoms with E-state index in [9.17, 15) is 4.79 Å². The van der Waals surface area contributed by atoms with Crippen LogP contribution in [0, 0.1) is 22.7 Å². The van der Waals surface area contributed by atoms with E-state index in [4.69, 9.17) is 5.26 Å². The van der Waals surface area contributed by atoms with Gasteiger partial charge in [-0.15, -0.1) is 0 Å². The van der Waals surface area contributed by atoms with Gasteiger partial charge in [0.15, 0.2) is 0 Å². The number of amides is 1. The maximum atomic E-state index is 12.3. The molecule has 1 N–H and O–H groups in total. The predicted molar refractivity (Wildman–Crippen MR) is 78.7 cm³/mol. The first kappa shape index (κ1) is 14.6. The number of benzene rings is 1. The van der Waals surface area contributed by atoms with Crippen LogP contribution < -0.4 is 5.32 Å². The molecule has 1 amide bonds. The summed E-state index contributed by atoms with van der Waals surface area (Å²) >= 11 is 0. The molecule has 1 aromatic carbocycles. The van der Waals surface area contributed by atoms with E-state index in [2.05, 4.69) is 25.2 Å². The van der Waals surface area contributed by atoms with E-state index in [1.54, 1.807) is 12.1 Å². The molecular formula is C17H22N2O. The number of carbonyl (C=O) groups excluding carboxylic acids is 1. The molecule has 0 bridgehead atoms. The molecular weight excluding hydrogens is 248 g/mol. The standard InChI is InChI=1S/C17H22N2O/c1-17(2)10-4-3-5-15(17)16(20)19-12-14-8-6-13(11-18)7-9-14/h6-9,15H,3-5,10,12H2,1-2H3,(H,19,20). The fourth-order valence-electron chi connectivity index (χ4n) is 2.99. The third kappa shape index (κ3) is 3.39. The quantitative estimate of drug-likeness (QED) is 0.915. The van der Waals surface area contributed by atoms with Gasteiger partial charge in [-0.25, -0.2) is 0 Å². The van der Waals surface area contributed by atoms with Crippen molar-refractivity contribution in [3.05, 3.63) is 35.4 Å². The fraction of sp³-hybridized carbons (Fsp3) is 0.529. The van der Waals surface area contributed by atoms with Crippen LogP contribution in [0.1, 0.15) is 50.7 Å². The Morgan fingerprint density at radius 3 is 2.65 bits per heavy atom. The lowest BCUT2D eigenvalue weighted by Gasteiger charge is -2.37. The summed E-state index contributed by atoms with van der Waals surface area (Å²) in [5.41, 5.74) is 1.78. The Morgan fingerprint density at radius 2 is 2.05 bits per heavy atom. The van der Waals surface area contributed by atoms with E-state index in [0.29, 0.717) is 12.1 Å². The van der Waals surface area contributed by atoms with Crippen molar-refractivity contribution in [2.75, 3.05) is 0 Å². The Bertz CT molecular complexity index is 511. The van der Waals surface area contributed by atoms with Crippen molar-refractivity contribution >= 4 is 5.91 Å². The van der Waals surface area contributed by atoms with Crippen LogP contribution in [0.4, 0.5) is 0 Å². The molecule has 0 aromatic heterocycles. The molecule has 0 heterocycles. The average Bonchev–Trinajstić information content (AvgIpc) is 2.45. The number of rotatable bonds is 3. The second-order valence-corrected chi connectivity index (χ2v) is 6.31. The first-order valence-electron chi connectivity index (χ1n) is 7.30. The molecule has 1 saturated carbocycles. The molecule has 3 nitrogen and oxygen atoms in total. The van der Waals surface area contributed by atoms with E-state index >= 15 is 0 Å². The van der Waals surface area contributed by atoms with Gasteiger partial charge in [0.05, 0.1) is 11.6 Å². The lowest BCUT2D eigenvalue weighted by Crippen LogP contribution is -2.40. The molecule has 106 valence electrons. The first-order chi connectivity index (χ1) is 9.53. The minimum Gasteiger partial charge on any atom is -0.352 e. The van der Waals surface area contributed by atoms with Crippen molar-refractivity contribution in [1.29, 1.82) is 5.26 Å². The summed E-state index contributed by atoms with van der Waals surface area (Å²) in [5, 5.41) is 11.8. The second kappa shape index (κ2) is 6.09. The summed E-state index contributed by atoms with van der Waals surface area (Å²) in [5.74, 6) is 0.286. The fourth-order valence-corrected chi connectivity index (χ4v) is 2.99. The molecule has 2 rings (SSSR count). The number of nitriles is 1. The SMILES string of the molecule is CC1(C)CCCCC1C(=O)NCc1ccc(C#N)cc1. The van der Waals surface area contributed by atoms with E-state index in [-0.39, 0.29) is 17.2 Å². The van der Waals surface area contributed by atoms with E-state index in [0.717, 1.165) is 24.8 Å². The molecule has 3 heteroatoms. The molecule has 1 aromatic rings. The van der Waals surface area contributed by atoms with Crippen LogP contribution >= 0.6 is 0 Å². The zero-order chi connectivity index (χ0) is 14.6. The van der Waals surface area contributed by atoms with Gasteiger partial charge in [0.2, 0.25) is 5.91 Å². The van der Waals surface area contributed by atoms with Gasteiger partial charge >= 0.3 is 0 Å². The van der Waals surface area contributed by atoms with Crippen LogP contribution in [-0.4, -0.2) is 5.91 Å². The number of hydrogen-bond donors (Lipinski definition) is 1. The third-order valence-electron chi connectivity index (χ3n) is 4.37. The van der Waals surface area contributed by atoms with Gasteiger partial charge in [0.25, 0.3) is 0 Å². The van der Waals surface area contributed by atoms with E-state index in [1.165, 1.54) is 6.42 Å². The van der Waals surface area contributed by atoms with Crippen molar-refractivity contribution in [1.82, 2.24) is 5.32 Å². The topological polar surface area (TPSA) is 52.9 Å². The smallest absolute Gasteiger partial charge is 0.223 e. The second-order valence-electron chi connectivity index (χ2n) is 6.31. The van der Waals surface area contributed by atoms with E-state index < -0.39 is 0 Å². The third-order valence-corrected chi connectivity index (χ3v) is 4.37. The monoisotopic (exact) mass is 270 g/mol. The zero-order valence-corrected chi connectivity index (χ0v) is 12.3. The van der Waals surface area contributed by atoms with Gasteiger partial charge < -0.3 is 5.32 Å². The first-order valence-corrected chi connectivity index (χ1v) is 7.30. The molecule has 0 saturated heterocycles. The van der Waals surface area contributed by atoms with Gasteiger partial charge in [-0.2, -0.15) is 5.26 Å². The number of nitrogens with one attached hydrogen (secondary N) is 1. The largest absolute Gasteiger partial charge is 0.352 e. The van der Waals surface area contributed by atoms with Crippen LogP contribution in [0.2, 0.25) is 0 Å². The molecule has 20 heavy (non-hydrogen) atoms. The van der Waals surface area contributed by atoms with E-state index in [1.807, 2.05) is 12.1 Å². The zero-order valence-electron chi connectivity index (χ0n) is 12.3. The lowest BCUT2D eigenvalue weighted by atomic mass is 9.68. The maximum Gasteiger partial charge on any atom is 0.223 e. The summed E-state index contributed by atoms with van der Waals surface area (Å²) in [7, 11) is 0. The summed E-state index contributed by atoms with van der Waals surface area (Å²) < 4.78 is 0. The molecule has 1 atom stereocenters. The lowest BCUT2D eigenvalue weighted by molar-refractivity contribution is -0.130. The normalized spacial score (nSPS) is 20.9. The number of hydrogen-bond acceptors (Lipinski definition) is 2. The molecule has 0 spiro atoms. The van der Waals surface area contributed by atoms with Crippen LogP contribution in [0.5, 0.6) is 0 Å². The van der Waals surface area contributed by atoms with Gasteiger partial charge in [-0.1, -0.05) is 38.8 Å². The Balaban J connectivity index is 1.92. The minimum atomic E-state index is 0.104. The van der Waals surface area contributed by atoms with Crippen LogP contribution in [0.25, 0.3) is 0 Å². The van der Waals surface area contributed by atoms with Gasteiger partial charge in [-0.05, 0) is 36.0 Å². The Hall–Kier alpha value is -1.82. The average molecular weight is 270 g/mol. The van der Waals surface area contributed by atoms with Crippen molar-refractivity contribution < 1.29 is 4.79 Å². The number of carbonyl (C=O) groups is 1. The van der Waals surface area contributed by atoms with Crippen molar-refractivity contribution in [2.24, 2.45) is 11.3 Å².